The molecular weight excluding hydrogens is 318 g/mol. The Kier molecular flexibility index (Phi) is 4.11. The summed E-state index contributed by atoms with van der Waals surface area (Å²) in [7, 11) is 0. The van der Waals surface area contributed by atoms with Crippen molar-refractivity contribution in [3.05, 3.63) is 54.4 Å². The van der Waals surface area contributed by atoms with Crippen LogP contribution in [0, 0.1) is 0 Å². The van der Waals surface area contributed by atoms with Crippen LogP contribution in [-0.4, -0.2) is 16.1 Å². The zero-order valence-electron chi connectivity index (χ0n) is 11.6. The van der Waals surface area contributed by atoms with Crippen molar-refractivity contribution in [2.75, 3.05) is 4.90 Å². The SMILES string of the molecule is CC(C)N1c2nccc[n+]2C[C@@]1(O)c1ccccc1.[Br-]. The Labute approximate surface area is 129 Å². The molecule has 20 heavy (non-hydrogen) atoms. The Morgan fingerprint density at radius 1 is 1.25 bits per heavy atom. The van der Waals surface area contributed by atoms with Crippen LogP contribution in [0.1, 0.15) is 19.4 Å². The predicted molar refractivity (Wildman–Crippen MR) is 72.4 cm³/mol. The molecule has 1 atom stereocenters. The van der Waals surface area contributed by atoms with Crippen molar-refractivity contribution in [1.82, 2.24) is 4.98 Å². The molecule has 0 amide bonds. The van der Waals surface area contributed by atoms with Gasteiger partial charge in [0.25, 0.3) is 0 Å². The highest BCUT2D eigenvalue weighted by molar-refractivity contribution is 5.38. The molecule has 3 rings (SSSR count). The fraction of sp³-hybridized carbons (Fsp3) is 0.333. The van der Waals surface area contributed by atoms with E-state index in [1.807, 2.05) is 52.1 Å². The molecular formula is C15H18BrN3O. The van der Waals surface area contributed by atoms with Crippen molar-refractivity contribution < 1.29 is 26.7 Å². The quantitative estimate of drug-likeness (QED) is 0.675. The fourth-order valence-electron chi connectivity index (χ4n) is 2.79. The Hall–Kier alpha value is -1.46. The van der Waals surface area contributed by atoms with E-state index < -0.39 is 5.72 Å². The smallest absolute Gasteiger partial charge is 0.397 e. The van der Waals surface area contributed by atoms with Gasteiger partial charge in [0, 0.05) is 11.6 Å². The largest absolute Gasteiger partial charge is 1.00 e. The van der Waals surface area contributed by atoms with E-state index in [1.165, 1.54) is 0 Å². The average molecular weight is 336 g/mol. The summed E-state index contributed by atoms with van der Waals surface area (Å²) in [4.78, 5) is 6.39. The molecule has 0 saturated carbocycles. The molecule has 1 aliphatic heterocycles. The molecule has 2 heterocycles. The minimum atomic E-state index is -1.03. The number of hydrogen-bond donors (Lipinski definition) is 1. The molecule has 5 heteroatoms. The number of halogens is 1. The van der Waals surface area contributed by atoms with Crippen LogP contribution in [0.2, 0.25) is 0 Å². The van der Waals surface area contributed by atoms with E-state index in [1.54, 1.807) is 6.20 Å². The van der Waals surface area contributed by atoms with Crippen LogP contribution in [0.5, 0.6) is 0 Å². The Balaban J connectivity index is 0.00000147. The van der Waals surface area contributed by atoms with Gasteiger partial charge in [0.2, 0.25) is 5.72 Å². The van der Waals surface area contributed by atoms with Gasteiger partial charge in [0.1, 0.15) is 12.7 Å². The first-order chi connectivity index (χ1) is 9.13. The summed E-state index contributed by atoms with van der Waals surface area (Å²) in [6, 6.07) is 11.8. The number of rotatable bonds is 2. The van der Waals surface area contributed by atoms with E-state index >= 15 is 0 Å². The molecule has 0 spiro atoms. The lowest BCUT2D eigenvalue weighted by molar-refractivity contribution is -0.685. The molecule has 1 aromatic heterocycles. The predicted octanol–water partition coefficient (Wildman–Crippen LogP) is -1.55. The molecule has 0 fully saturated rings. The van der Waals surface area contributed by atoms with Crippen molar-refractivity contribution >= 4 is 5.95 Å². The summed E-state index contributed by atoms with van der Waals surface area (Å²) in [5, 5.41) is 11.2. The monoisotopic (exact) mass is 335 g/mol. The van der Waals surface area contributed by atoms with Crippen molar-refractivity contribution in [2.45, 2.75) is 32.2 Å². The summed E-state index contributed by atoms with van der Waals surface area (Å²) in [6.45, 7) is 4.63. The molecule has 0 bridgehead atoms. The zero-order valence-corrected chi connectivity index (χ0v) is 13.2. The molecule has 0 radical (unpaired) electrons. The van der Waals surface area contributed by atoms with Crippen LogP contribution < -0.4 is 26.4 Å². The molecule has 0 unspecified atom stereocenters. The number of aliphatic hydroxyl groups is 1. The molecule has 106 valence electrons. The summed E-state index contributed by atoms with van der Waals surface area (Å²) in [5.41, 5.74) is -0.134. The zero-order chi connectivity index (χ0) is 13.5. The lowest BCUT2D eigenvalue weighted by Gasteiger charge is -2.31. The number of hydrogen-bond acceptors (Lipinski definition) is 3. The number of fused-ring (bicyclic) bond motifs is 1. The van der Waals surface area contributed by atoms with Crippen LogP contribution >= 0.6 is 0 Å². The van der Waals surface area contributed by atoms with E-state index in [-0.39, 0.29) is 23.0 Å². The number of nitrogens with zero attached hydrogens (tertiary/aromatic N) is 3. The van der Waals surface area contributed by atoms with Crippen molar-refractivity contribution in [3.63, 3.8) is 0 Å². The van der Waals surface area contributed by atoms with Gasteiger partial charge in [-0.3, -0.25) is 0 Å². The minimum Gasteiger partial charge on any atom is -1.00 e. The third-order valence-electron chi connectivity index (χ3n) is 3.56. The molecule has 1 N–H and O–H groups in total. The average Bonchev–Trinajstić information content (AvgIpc) is 2.73. The maximum absolute atomic E-state index is 11.2. The lowest BCUT2D eigenvalue weighted by Crippen LogP contribution is -3.00. The van der Waals surface area contributed by atoms with Crippen molar-refractivity contribution in [1.29, 1.82) is 0 Å². The summed E-state index contributed by atoms with van der Waals surface area (Å²) in [5.74, 6) is 0.809. The van der Waals surface area contributed by atoms with E-state index in [0.29, 0.717) is 6.54 Å². The van der Waals surface area contributed by atoms with E-state index in [2.05, 4.69) is 18.8 Å². The molecule has 0 aliphatic carbocycles. The second kappa shape index (κ2) is 5.50. The second-order valence-electron chi connectivity index (χ2n) is 5.19. The molecule has 2 aromatic rings. The van der Waals surface area contributed by atoms with Gasteiger partial charge in [-0.25, -0.2) is 9.47 Å². The third-order valence-corrected chi connectivity index (χ3v) is 3.56. The van der Waals surface area contributed by atoms with Crippen LogP contribution in [0.15, 0.2) is 48.8 Å². The Bertz CT molecular complexity index is 591. The molecule has 1 aliphatic rings. The van der Waals surface area contributed by atoms with Crippen LogP contribution in [0.25, 0.3) is 0 Å². The van der Waals surface area contributed by atoms with Gasteiger partial charge in [-0.2, -0.15) is 0 Å². The normalized spacial score (nSPS) is 20.7. The van der Waals surface area contributed by atoms with Gasteiger partial charge in [0.15, 0.2) is 0 Å². The highest BCUT2D eigenvalue weighted by atomic mass is 79.9. The first kappa shape index (κ1) is 14.9. The van der Waals surface area contributed by atoms with Crippen LogP contribution in [0.3, 0.4) is 0 Å². The number of aromatic nitrogens is 2. The first-order valence-corrected chi connectivity index (χ1v) is 6.54. The lowest BCUT2D eigenvalue weighted by atomic mass is 10.0. The van der Waals surface area contributed by atoms with Gasteiger partial charge in [-0.1, -0.05) is 35.3 Å². The Morgan fingerprint density at radius 3 is 2.60 bits per heavy atom. The summed E-state index contributed by atoms with van der Waals surface area (Å²) < 4.78 is 1.99. The van der Waals surface area contributed by atoms with Crippen LogP contribution in [-0.2, 0) is 12.3 Å². The Morgan fingerprint density at radius 2 is 1.95 bits per heavy atom. The van der Waals surface area contributed by atoms with Gasteiger partial charge in [-0.15, -0.1) is 0 Å². The third kappa shape index (κ3) is 2.21. The van der Waals surface area contributed by atoms with Gasteiger partial charge in [0.05, 0.1) is 12.2 Å². The van der Waals surface area contributed by atoms with E-state index in [9.17, 15) is 5.11 Å². The first-order valence-electron chi connectivity index (χ1n) is 6.54. The fourth-order valence-corrected chi connectivity index (χ4v) is 2.79. The highest BCUT2D eigenvalue weighted by Gasteiger charge is 2.52. The van der Waals surface area contributed by atoms with E-state index in [0.717, 1.165) is 11.5 Å². The molecule has 4 nitrogen and oxygen atoms in total. The van der Waals surface area contributed by atoms with Gasteiger partial charge < -0.3 is 22.1 Å². The minimum absolute atomic E-state index is 0. The van der Waals surface area contributed by atoms with Gasteiger partial charge >= 0.3 is 5.95 Å². The standard InChI is InChI=1S/C15H18N3O.BrH/c1-12(2)18-14-16-9-6-10-17(14)11-15(18,19)13-7-4-3-5-8-13;/h3-10,12,19H,11H2,1-2H3;1H/q+1;/p-1/t15-;/m1./s1. The van der Waals surface area contributed by atoms with Crippen molar-refractivity contribution in [3.8, 4) is 0 Å². The number of anilines is 1. The highest BCUT2D eigenvalue weighted by Crippen LogP contribution is 2.35. The molecule has 1 aromatic carbocycles. The second-order valence-corrected chi connectivity index (χ2v) is 5.19. The van der Waals surface area contributed by atoms with Gasteiger partial charge in [-0.05, 0) is 13.8 Å². The summed E-state index contributed by atoms with van der Waals surface area (Å²) >= 11 is 0. The summed E-state index contributed by atoms with van der Waals surface area (Å²) in [6.07, 6.45) is 3.72. The maximum atomic E-state index is 11.2. The number of benzene rings is 1. The topological polar surface area (TPSA) is 40.2 Å². The molecule has 0 saturated heterocycles. The van der Waals surface area contributed by atoms with E-state index in [4.69, 9.17) is 0 Å². The van der Waals surface area contributed by atoms with Crippen LogP contribution in [0.4, 0.5) is 5.95 Å². The maximum Gasteiger partial charge on any atom is 0.397 e. The van der Waals surface area contributed by atoms with Crippen molar-refractivity contribution in [2.24, 2.45) is 0 Å².